The molecule has 0 aromatic heterocycles. The summed E-state index contributed by atoms with van der Waals surface area (Å²) in [4.78, 5) is 24.2. The topological polar surface area (TPSA) is 54.4 Å². The van der Waals surface area contributed by atoms with Crippen LogP contribution in [0, 0.1) is 28.6 Å². The molecular weight excluding hydrogens is 276 g/mol. The normalized spacial score (nSPS) is 51.0. The highest BCUT2D eigenvalue weighted by molar-refractivity contribution is 5.91. The fraction of sp³-hybridized carbons (Fsp3) is 0.789. The first-order valence-electron chi connectivity index (χ1n) is 8.81. The zero-order chi connectivity index (χ0) is 15.7. The van der Waals surface area contributed by atoms with Gasteiger partial charge < -0.3 is 5.11 Å². The van der Waals surface area contributed by atoms with E-state index in [-0.39, 0.29) is 22.5 Å². The van der Waals surface area contributed by atoms with Crippen molar-refractivity contribution in [2.24, 2.45) is 28.6 Å². The summed E-state index contributed by atoms with van der Waals surface area (Å²) >= 11 is 0. The highest BCUT2D eigenvalue weighted by Gasteiger charge is 2.61. The third-order valence-corrected chi connectivity index (χ3v) is 7.61. The molecule has 6 atom stereocenters. The molecule has 120 valence electrons. The lowest BCUT2D eigenvalue weighted by Crippen LogP contribution is -2.56. The number of carbonyl (C=O) groups excluding carboxylic acids is 2. The molecule has 0 aromatic rings. The second-order valence-electron chi connectivity index (χ2n) is 8.54. The lowest BCUT2D eigenvalue weighted by atomic mass is 9.46. The SMILES string of the molecule is C[C@]12CCC(=O)C=C1CC[C@@H]1[C@H]2C(O)C[C@]2(C)C(=O)CC[C@H]12. The number of rotatable bonds is 0. The summed E-state index contributed by atoms with van der Waals surface area (Å²) in [5.74, 6) is 1.71. The van der Waals surface area contributed by atoms with E-state index in [1.807, 2.05) is 6.08 Å². The van der Waals surface area contributed by atoms with Crippen LogP contribution in [0.25, 0.3) is 0 Å². The number of carbonyl (C=O) groups is 2. The molecule has 0 spiro atoms. The Morgan fingerprint density at radius 2 is 1.86 bits per heavy atom. The Hall–Kier alpha value is -0.960. The van der Waals surface area contributed by atoms with Gasteiger partial charge in [0.15, 0.2) is 5.78 Å². The number of fused-ring (bicyclic) bond motifs is 5. The van der Waals surface area contributed by atoms with Crippen molar-refractivity contribution in [2.45, 2.75) is 64.9 Å². The van der Waals surface area contributed by atoms with Crippen molar-refractivity contribution in [1.29, 1.82) is 0 Å². The summed E-state index contributed by atoms with van der Waals surface area (Å²) in [6.45, 7) is 4.34. The molecule has 4 rings (SSSR count). The minimum absolute atomic E-state index is 0.0385. The van der Waals surface area contributed by atoms with Gasteiger partial charge in [0.2, 0.25) is 0 Å². The van der Waals surface area contributed by atoms with Gasteiger partial charge >= 0.3 is 0 Å². The van der Waals surface area contributed by atoms with Crippen LogP contribution in [0.15, 0.2) is 11.6 Å². The van der Waals surface area contributed by atoms with Crippen molar-refractivity contribution in [3.63, 3.8) is 0 Å². The average Bonchev–Trinajstić information content (AvgIpc) is 2.75. The number of aliphatic hydroxyl groups excluding tert-OH is 1. The smallest absolute Gasteiger partial charge is 0.155 e. The average molecular weight is 302 g/mol. The van der Waals surface area contributed by atoms with Crippen LogP contribution in [0.3, 0.4) is 0 Å². The fourth-order valence-electron chi connectivity index (χ4n) is 6.46. The van der Waals surface area contributed by atoms with Gasteiger partial charge in [0.1, 0.15) is 5.78 Å². The van der Waals surface area contributed by atoms with Crippen molar-refractivity contribution in [1.82, 2.24) is 0 Å². The second-order valence-corrected chi connectivity index (χ2v) is 8.54. The Morgan fingerprint density at radius 1 is 1.09 bits per heavy atom. The molecule has 0 bridgehead atoms. The summed E-state index contributed by atoms with van der Waals surface area (Å²) in [5, 5.41) is 10.9. The van der Waals surface area contributed by atoms with E-state index in [0.29, 0.717) is 36.9 Å². The van der Waals surface area contributed by atoms with E-state index in [1.54, 1.807) is 0 Å². The van der Waals surface area contributed by atoms with Gasteiger partial charge in [0.05, 0.1) is 6.10 Å². The monoisotopic (exact) mass is 302 g/mol. The van der Waals surface area contributed by atoms with Gasteiger partial charge in [0, 0.05) is 18.3 Å². The van der Waals surface area contributed by atoms with Crippen molar-refractivity contribution in [3.8, 4) is 0 Å². The van der Waals surface area contributed by atoms with E-state index in [1.165, 1.54) is 5.57 Å². The summed E-state index contributed by atoms with van der Waals surface area (Å²) in [6, 6.07) is 0. The van der Waals surface area contributed by atoms with Crippen LogP contribution in [0.1, 0.15) is 58.8 Å². The zero-order valence-corrected chi connectivity index (χ0v) is 13.6. The Morgan fingerprint density at radius 3 is 2.64 bits per heavy atom. The molecule has 0 heterocycles. The first-order chi connectivity index (χ1) is 10.4. The van der Waals surface area contributed by atoms with Crippen LogP contribution in [-0.4, -0.2) is 22.8 Å². The van der Waals surface area contributed by atoms with E-state index in [0.717, 1.165) is 25.7 Å². The number of Topliss-reactive ketones (excluding diaryl/α,β-unsaturated/α-hetero) is 1. The third kappa shape index (κ3) is 1.72. The molecule has 3 nitrogen and oxygen atoms in total. The Balaban J connectivity index is 1.75. The summed E-state index contributed by atoms with van der Waals surface area (Å²) in [6.07, 6.45) is 7.24. The van der Waals surface area contributed by atoms with Gasteiger partial charge in [-0.1, -0.05) is 19.4 Å². The van der Waals surface area contributed by atoms with E-state index < -0.39 is 6.10 Å². The van der Waals surface area contributed by atoms with Gasteiger partial charge in [-0.05, 0) is 61.3 Å². The van der Waals surface area contributed by atoms with Gasteiger partial charge in [-0.25, -0.2) is 0 Å². The van der Waals surface area contributed by atoms with E-state index in [9.17, 15) is 14.7 Å². The fourth-order valence-corrected chi connectivity index (χ4v) is 6.46. The summed E-state index contributed by atoms with van der Waals surface area (Å²) in [7, 11) is 0. The van der Waals surface area contributed by atoms with Crippen LogP contribution in [0.5, 0.6) is 0 Å². The van der Waals surface area contributed by atoms with Crippen molar-refractivity contribution in [2.75, 3.05) is 0 Å². The molecule has 1 N–H and O–H groups in total. The van der Waals surface area contributed by atoms with Crippen LogP contribution in [0.2, 0.25) is 0 Å². The maximum atomic E-state index is 12.4. The zero-order valence-electron chi connectivity index (χ0n) is 13.6. The predicted molar refractivity (Wildman–Crippen MR) is 83.1 cm³/mol. The van der Waals surface area contributed by atoms with Gasteiger partial charge in [-0.3, -0.25) is 9.59 Å². The maximum Gasteiger partial charge on any atom is 0.155 e. The summed E-state index contributed by atoms with van der Waals surface area (Å²) in [5.41, 5.74) is 0.920. The lowest BCUT2D eigenvalue weighted by molar-refractivity contribution is -0.147. The summed E-state index contributed by atoms with van der Waals surface area (Å²) < 4.78 is 0. The molecule has 0 amide bonds. The molecule has 4 aliphatic rings. The number of ketones is 2. The molecule has 22 heavy (non-hydrogen) atoms. The number of allylic oxidation sites excluding steroid dienone is 1. The van der Waals surface area contributed by atoms with Gasteiger partial charge in [-0.15, -0.1) is 0 Å². The Labute approximate surface area is 132 Å². The molecular formula is C19H26O3. The first-order valence-corrected chi connectivity index (χ1v) is 8.81. The Bertz CT molecular complexity index is 577. The van der Waals surface area contributed by atoms with Crippen molar-refractivity contribution < 1.29 is 14.7 Å². The predicted octanol–water partition coefficient (Wildman–Crippen LogP) is 3.06. The minimum atomic E-state index is -0.407. The van der Waals surface area contributed by atoms with Crippen molar-refractivity contribution >= 4 is 11.6 Å². The minimum Gasteiger partial charge on any atom is -0.393 e. The van der Waals surface area contributed by atoms with E-state index in [2.05, 4.69) is 13.8 Å². The molecule has 3 fully saturated rings. The van der Waals surface area contributed by atoms with Gasteiger partial charge in [0.25, 0.3) is 0 Å². The quantitative estimate of drug-likeness (QED) is 0.748. The molecule has 0 aromatic carbocycles. The molecule has 4 aliphatic carbocycles. The van der Waals surface area contributed by atoms with Crippen LogP contribution in [-0.2, 0) is 9.59 Å². The molecule has 0 radical (unpaired) electrons. The molecule has 0 aliphatic heterocycles. The molecule has 3 saturated carbocycles. The van der Waals surface area contributed by atoms with E-state index >= 15 is 0 Å². The molecule has 3 heteroatoms. The highest BCUT2D eigenvalue weighted by atomic mass is 16.3. The molecule has 0 saturated heterocycles. The number of hydrogen-bond donors (Lipinski definition) is 1. The molecule has 1 unspecified atom stereocenters. The van der Waals surface area contributed by atoms with Crippen LogP contribution in [0.4, 0.5) is 0 Å². The second kappa shape index (κ2) is 4.53. The van der Waals surface area contributed by atoms with Crippen molar-refractivity contribution in [3.05, 3.63) is 11.6 Å². The largest absolute Gasteiger partial charge is 0.393 e. The van der Waals surface area contributed by atoms with Crippen LogP contribution < -0.4 is 0 Å². The van der Waals surface area contributed by atoms with Crippen LogP contribution >= 0.6 is 0 Å². The van der Waals surface area contributed by atoms with Gasteiger partial charge in [-0.2, -0.15) is 0 Å². The number of hydrogen-bond acceptors (Lipinski definition) is 3. The first kappa shape index (κ1) is 14.6. The highest BCUT2D eigenvalue weighted by Crippen LogP contribution is 2.64. The number of aliphatic hydroxyl groups is 1. The standard InChI is InChI=1S/C19H26O3/c1-18-8-7-12(20)9-11(18)3-4-13-14-5-6-16(22)19(14,2)10-15(21)17(13)18/h9,13-15,17,21H,3-8,10H2,1-2H3/t13-,14+,15?,17-,18-,19-/m0/s1. The third-order valence-electron chi connectivity index (χ3n) is 7.61. The maximum absolute atomic E-state index is 12.4. The lowest BCUT2D eigenvalue weighted by Gasteiger charge is -2.58. The van der Waals surface area contributed by atoms with E-state index in [4.69, 9.17) is 0 Å². The Kier molecular flexibility index (Phi) is 3.01.